The van der Waals surface area contributed by atoms with E-state index in [0.717, 1.165) is 37.6 Å². The van der Waals surface area contributed by atoms with Gasteiger partial charge in [0, 0.05) is 19.1 Å². The van der Waals surface area contributed by atoms with Crippen molar-refractivity contribution in [1.29, 1.82) is 0 Å². The molecule has 0 aromatic heterocycles. The first-order valence-corrected chi connectivity index (χ1v) is 9.66. The van der Waals surface area contributed by atoms with Crippen LogP contribution in [0.4, 0.5) is 0 Å². The molecule has 136 valence electrons. The molecule has 0 radical (unpaired) electrons. The van der Waals surface area contributed by atoms with Crippen LogP contribution in [-0.2, 0) is 6.42 Å². The number of rotatable bonds is 4. The van der Waals surface area contributed by atoms with Gasteiger partial charge in [-0.2, -0.15) is 0 Å². The van der Waals surface area contributed by atoms with Crippen LogP contribution < -0.4 is 4.74 Å². The molecule has 2 aliphatic rings. The van der Waals surface area contributed by atoms with Gasteiger partial charge in [0.05, 0.1) is 7.11 Å². The first-order chi connectivity index (χ1) is 11.9. The summed E-state index contributed by atoms with van der Waals surface area (Å²) in [5.41, 5.74) is 8.87. The molecule has 2 nitrogen and oxygen atoms in total. The third-order valence-corrected chi connectivity index (χ3v) is 5.68. The van der Waals surface area contributed by atoms with Crippen molar-refractivity contribution in [3.05, 3.63) is 51.6 Å². The molecular weight excluding hydrogens is 306 g/mol. The van der Waals surface area contributed by atoms with E-state index >= 15 is 0 Å². The number of aryl methyl sites for hydroxylation is 1. The minimum atomic E-state index is 0.523. The minimum Gasteiger partial charge on any atom is -0.496 e. The lowest BCUT2D eigenvalue weighted by atomic mass is 9.83. The van der Waals surface area contributed by atoms with Crippen LogP contribution in [0.15, 0.2) is 34.9 Å². The summed E-state index contributed by atoms with van der Waals surface area (Å²) in [6, 6.07) is 5.16. The summed E-state index contributed by atoms with van der Waals surface area (Å²) in [6.07, 6.45) is 5.93. The van der Waals surface area contributed by atoms with Crippen LogP contribution in [0.25, 0.3) is 0 Å². The number of methoxy groups -OCH3 is 1. The van der Waals surface area contributed by atoms with E-state index in [4.69, 9.17) is 4.74 Å². The van der Waals surface area contributed by atoms with Gasteiger partial charge in [-0.05, 0) is 74.3 Å². The average Bonchev–Trinajstić information content (AvgIpc) is 2.54. The lowest BCUT2D eigenvalue weighted by molar-refractivity contribution is 0.188. The molecule has 2 heterocycles. The van der Waals surface area contributed by atoms with Gasteiger partial charge in [0.15, 0.2) is 0 Å². The number of hydrogen-bond donors (Lipinski definition) is 0. The summed E-state index contributed by atoms with van der Waals surface area (Å²) in [6.45, 7) is 13.6. The molecule has 0 saturated carbocycles. The van der Waals surface area contributed by atoms with E-state index in [9.17, 15) is 0 Å². The van der Waals surface area contributed by atoms with Crippen molar-refractivity contribution in [2.45, 2.75) is 59.9 Å². The van der Waals surface area contributed by atoms with Gasteiger partial charge in [-0.25, -0.2) is 0 Å². The number of allylic oxidation sites excluding steroid dienone is 2. The van der Waals surface area contributed by atoms with Crippen LogP contribution in [0.3, 0.4) is 0 Å². The van der Waals surface area contributed by atoms with E-state index in [0.29, 0.717) is 6.04 Å². The van der Waals surface area contributed by atoms with E-state index in [1.54, 1.807) is 18.3 Å². The molecule has 0 unspecified atom stereocenters. The van der Waals surface area contributed by atoms with Crippen molar-refractivity contribution in [2.24, 2.45) is 5.92 Å². The van der Waals surface area contributed by atoms with Crippen molar-refractivity contribution in [3.8, 4) is 5.75 Å². The zero-order chi connectivity index (χ0) is 18.1. The maximum atomic E-state index is 5.54. The summed E-state index contributed by atoms with van der Waals surface area (Å²) >= 11 is 0. The Morgan fingerprint density at radius 2 is 2.08 bits per heavy atom. The summed E-state index contributed by atoms with van der Waals surface area (Å²) in [7, 11) is 1.77. The van der Waals surface area contributed by atoms with Crippen LogP contribution in [0.5, 0.6) is 5.75 Å². The van der Waals surface area contributed by atoms with Gasteiger partial charge >= 0.3 is 0 Å². The first-order valence-electron chi connectivity index (χ1n) is 9.66. The smallest absolute Gasteiger partial charge is 0.122 e. The van der Waals surface area contributed by atoms with Crippen LogP contribution in [-0.4, -0.2) is 25.1 Å². The molecule has 1 aromatic carbocycles. The number of fused-ring (bicyclic) bond motifs is 3. The molecule has 3 rings (SSSR count). The molecule has 0 N–H and O–H groups in total. The third kappa shape index (κ3) is 3.84. The van der Waals surface area contributed by atoms with Crippen molar-refractivity contribution in [1.82, 2.24) is 4.90 Å². The molecular formula is C23H33NO. The highest BCUT2D eigenvalue weighted by Crippen LogP contribution is 2.41. The fourth-order valence-corrected chi connectivity index (χ4v) is 4.52. The normalized spacial score (nSPS) is 21.4. The van der Waals surface area contributed by atoms with E-state index < -0.39 is 0 Å². The predicted octanol–water partition coefficient (Wildman–Crippen LogP) is 5.62. The summed E-state index contributed by atoms with van der Waals surface area (Å²) in [4.78, 5) is 2.67. The molecule has 0 saturated heterocycles. The Morgan fingerprint density at radius 3 is 2.76 bits per heavy atom. The topological polar surface area (TPSA) is 12.5 Å². The summed E-state index contributed by atoms with van der Waals surface area (Å²) < 4.78 is 5.54. The van der Waals surface area contributed by atoms with Crippen LogP contribution in [0.1, 0.15) is 63.3 Å². The van der Waals surface area contributed by atoms with Crippen molar-refractivity contribution in [3.63, 3.8) is 0 Å². The van der Waals surface area contributed by atoms with Crippen molar-refractivity contribution >= 4 is 0 Å². The van der Waals surface area contributed by atoms with Crippen LogP contribution >= 0.6 is 0 Å². The highest BCUT2D eigenvalue weighted by atomic mass is 16.5. The van der Waals surface area contributed by atoms with Crippen molar-refractivity contribution < 1.29 is 4.74 Å². The Balaban J connectivity index is 1.91. The predicted molar refractivity (Wildman–Crippen MR) is 106 cm³/mol. The zero-order valence-electron chi connectivity index (χ0n) is 16.8. The van der Waals surface area contributed by atoms with Gasteiger partial charge in [-0.3, -0.25) is 4.90 Å². The molecule has 2 aliphatic heterocycles. The molecule has 2 heteroatoms. The summed E-state index contributed by atoms with van der Waals surface area (Å²) in [5.74, 6) is 1.75. The van der Waals surface area contributed by atoms with E-state index in [1.165, 1.54) is 28.7 Å². The monoisotopic (exact) mass is 339 g/mol. The van der Waals surface area contributed by atoms with Gasteiger partial charge < -0.3 is 4.74 Å². The Bertz CT molecular complexity index is 711. The zero-order valence-corrected chi connectivity index (χ0v) is 16.8. The largest absolute Gasteiger partial charge is 0.496 e. The molecule has 0 fully saturated rings. The number of benzene rings is 1. The third-order valence-electron chi connectivity index (χ3n) is 5.68. The van der Waals surface area contributed by atoms with Gasteiger partial charge in [0.1, 0.15) is 5.75 Å². The Morgan fingerprint density at radius 1 is 1.32 bits per heavy atom. The summed E-state index contributed by atoms with van der Waals surface area (Å²) in [5, 5.41) is 0. The van der Waals surface area contributed by atoms with Crippen molar-refractivity contribution in [2.75, 3.05) is 20.2 Å². The Kier molecular flexibility index (Phi) is 5.38. The Hall–Kier alpha value is -1.54. The lowest BCUT2D eigenvalue weighted by Gasteiger charge is -2.42. The second-order valence-electron chi connectivity index (χ2n) is 8.36. The van der Waals surface area contributed by atoms with Crippen LogP contribution in [0, 0.1) is 12.8 Å². The first kappa shape index (κ1) is 18.3. The van der Waals surface area contributed by atoms with Gasteiger partial charge in [0.2, 0.25) is 0 Å². The van der Waals surface area contributed by atoms with E-state index in [2.05, 4.69) is 57.7 Å². The van der Waals surface area contributed by atoms with E-state index in [1.807, 2.05) is 0 Å². The molecule has 1 atom stereocenters. The number of hydrogen-bond acceptors (Lipinski definition) is 2. The SMILES string of the molecule is COc1cc2c(cc1C)[C@@H]1CC(/C=C(\C)CC(C)C)=C(C)CN1CC2. The number of ether oxygens (including phenoxy) is 1. The standard InChI is InChI=1S/C23H33NO/c1-15(2)9-16(3)10-20-12-22-21-11-17(4)23(25-6)13-19(21)7-8-24(22)14-18(20)5/h10-11,13,15,22H,7-9,12,14H2,1-6H3/b16-10+/t22-/m0/s1. The highest BCUT2D eigenvalue weighted by molar-refractivity contribution is 5.46. The fourth-order valence-electron chi connectivity index (χ4n) is 4.52. The quantitative estimate of drug-likeness (QED) is 0.706. The molecule has 25 heavy (non-hydrogen) atoms. The maximum absolute atomic E-state index is 5.54. The maximum Gasteiger partial charge on any atom is 0.122 e. The van der Waals surface area contributed by atoms with Gasteiger partial charge in [-0.1, -0.05) is 37.1 Å². The molecule has 0 spiro atoms. The minimum absolute atomic E-state index is 0.523. The Labute approximate surface area is 153 Å². The molecule has 0 aliphatic carbocycles. The fraction of sp³-hybridized carbons (Fsp3) is 0.565. The lowest BCUT2D eigenvalue weighted by Crippen LogP contribution is -2.39. The second-order valence-corrected chi connectivity index (χ2v) is 8.36. The molecule has 0 bridgehead atoms. The van der Waals surface area contributed by atoms with Crippen LogP contribution in [0.2, 0.25) is 0 Å². The molecule has 1 aromatic rings. The van der Waals surface area contributed by atoms with Gasteiger partial charge in [-0.15, -0.1) is 0 Å². The second kappa shape index (κ2) is 7.37. The van der Waals surface area contributed by atoms with Gasteiger partial charge in [0.25, 0.3) is 0 Å². The average molecular weight is 340 g/mol. The molecule has 0 amide bonds. The number of nitrogens with zero attached hydrogens (tertiary/aromatic N) is 1. The van der Waals surface area contributed by atoms with E-state index in [-0.39, 0.29) is 0 Å². The highest BCUT2D eigenvalue weighted by Gasteiger charge is 2.32.